The van der Waals surface area contributed by atoms with Gasteiger partial charge in [0, 0.05) is 24.8 Å². The molecule has 0 fully saturated rings. The third-order valence-corrected chi connectivity index (χ3v) is 0.478. The average molecular weight is 204 g/mol. The van der Waals surface area contributed by atoms with Crippen molar-refractivity contribution >= 4 is 37.8 Å². The number of aromatic nitrogens is 2. The zero-order valence-electron chi connectivity index (χ0n) is 5.51. The van der Waals surface area contributed by atoms with E-state index in [-0.39, 0.29) is 35.0 Å². The van der Waals surface area contributed by atoms with Gasteiger partial charge in [-0.05, 0) is 0 Å². The molecule has 0 aliphatic rings. The first-order chi connectivity index (χ1) is 4.73. The summed E-state index contributed by atoms with van der Waals surface area (Å²) in [6.07, 6.45) is 6.56. The van der Waals surface area contributed by atoms with Gasteiger partial charge < -0.3 is 15.3 Å². The average Bonchev–Trinajstić information content (AvgIpc) is 1.90. The Balaban J connectivity index is -0.000000124. The largest absolute Gasteiger partial charge is 0.262 e. The van der Waals surface area contributed by atoms with Gasteiger partial charge >= 0.3 is 37.8 Å². The minimum absolute atomic E-state index is 0. The van der Waals surface area contributed by atoms with E-state index < -0.39 is 8.25 Å². The number of hydrogen-bond acceptors (Lipinski definition) is 3. The van der Waals surface area contributed by atoms with E-state index in [2.05, 4.69) is 9.97 Å². The summed E-state index contributed by atoms with van der Waals surface area (Å²) in [6, 6.07) is 0. The molecule has 0 aliphatic carbocycles. The zero-order valence-corrected chi connectivity index (χ0v) is 6.51. The van der Waals surface area contributed by atoms with Gasteiger partial charge in [0.1, 0.15) is 0 Å². The molecule has 0 radical (unpaired) electrons. The van der Waals surface area contributed by atoms with Crippen molar-refractivity contribution < 1.29 is 19.8 Å². The van der Waals surface area contributed by atoms with Crippen molar-refractivity contribution in [1.82, 2.24) is 9.97 Å². The first-order valence-electron chi connectivity index (χ1n) is 2.35. The molecule has 1 heterocycles. The quantitative estimate of drug-likeness (QED) is 0.388. The van der Waals surface area contributed by atoms with E-state index in [0.29, 0.717) is 0 Å². The molecule has 0 saturated heterocycles. The van der Waals surface area contributed by atoms with Gasteiger partial charge in [-0.1, -0.05) is 0 Å². The van der Waals surface area contributed by atoms with Crippen LogP contribution >= 0.6 is 8.25 Å². The summed E-state index contributed by atoms with van der Waals surface area (Å²) in [7, 11) is -3.13. The van der Waals surface area contributed by atoms with E-state index in [1.54, 1.807) is 24.8 Å². The van der Waals surface area contributed by atoms with Crippen molar-refractivity contribution in [2.45, 2.75) is 0 Å². The van der Waals surface area contributed by atoms with Crippen LogP contribution in [-0.4, -0.2) is 54.8 Å². The second-order valence-electron chi connectivity index (χ2n) is 1.18. The molecule has 0 amide bonds. The van der Waals surface area contributed by atoms with Crippen molar-refractivity contribution in [1.29, 1.82) is 0 Å². The Morgan fingerprint density at radius 3 is 1.25 bits per heavy atom. The number of rotatable bonds is 0. The summed E-state index contributed by atoms with van der Waals surface area (Å²) in [6.45, 7) is 0. The molecule has 6 nitrogen and oxygen atoms in total. The Morgan fingerprint density at radius 1 is 1.00 bits per heavy atom. The Kier molecular flexibility index (Phi) is 20.7. The van der Waals surface area contributed by atoms with Crippen molar-refractivity contribution in [3.05, 3.63) is 24.8 Å². The van der Waals surface area contributed by atoms with Crippen LogP contribution < -0.4 is 0 Å². The van der Waals surface area contributed by atoms with Crippen molar-refractivity contribution in [3.8, 4) is 0 Å². The maximum absolute atomic E-state index is 8.74. The van der Waals surface area contributed by atoms with Gasteiger partial charge in [0.2, 0.25) is 0 Å². The predicted octanol–water partition coefficient (Wildman–Crippen LogP) is -1.64. The molecule has 1 aromatic heterocycles. The number of hydrogen-bond donors (Lipinski definition) is 2. The second-order valence-corrected chi connectivity index (χ2v) is 1.74. The Morgan fingerprint density at radius 2 is 1.17 bits per heavy atom. The van der Waals surface area contributed by atoms with Gasteiger partial charge in [-0.2, -0.15) is 0 Å². The third-order valence-electron chi connectivity index (χ3n) is 0.478. The topological polar surface area (TPSA) is 115 Å². The molecule has 0 aromatic carbocycles. The van der Waals surface area contributed by atoms with Gasteiger partial charge in [0.15, 0.2) is 0 Å². The van der Waals surface area contributed by atoms with Gasteiger partial charge in [-0.15, -0.1) is 0 Å². The molecule has 0 aliphatic heterocycles. The van der Waals surface area contributed by atoms with Crippen LogP contribution in [0.1, 0.15) is 0 Å². The van der Waals surface area contributed by atoms with E-state index >= 15 is 0 Å². The number of nitrogens with zero attached hydrogens (tertiary/aromatic N) is 2. The standard InChI is InChI=1S/C4H4N2.Na.H3O3P.H2O.H/c1-2-6-4-3-5-1;;1-4(2)3;;/h1-4H;;4H,(H2,1,2,3);1H2;. The first-order valence-corrected chi connectivity index (χ1v) is 3.65. The fourth-order valence-electron chi connectivity index (χ4n) is 0.253. The molecular formula is C4H10N2NaO4P. The monoisotopic (exact) mass is 204 g/mol. The van der Waals surface area contributed by atoms with Crippen molar-refractivity contribution in [2.24, 2.45) is 0 Å². The van der Waals surface area contributed by atoms with E-state index in [4.69, 9.17) is 14.4 Å². The summed E-state index contributed by atoms with van der Waals surface area (Å²) >= 11 is 0. The fourth-order valence-corrected chi connectivity index (χ4v) is 0.253. The molecule has 1 rings (SSSR count). The van der Waals surface area contributed by atoms with E-state index in [1.165, 1.54) is 0 Å². The Bertz CT molecular complexity index is 157. The van der Waals surface area contributed by atoms with Crippen LogP contribution in [0.15, 0.2) is 24.8 Å². The van der Waals surface area contributed by atoms with E-state index in [1.807, 2.05) is 0 Å². The van der Waals surface area contributed by atoms with Crippen LogP contribution in [-0.2, 0) is 4.57 Å². The normalized spacial score (nSPS) is 6.92. The maximum atomic E-state index is 8.74. The van der Waals surface area contributed by atoms with Crippen molar-refractivity contribution in [3.63, 3.8) is 0 Å². The molecule has 1 aromatic rings. The van der Waals surface area contributed by atoms with Gasteiger partial charge in [-0.3, -0.25) is 14.5 Å². The zero-order chi connectivity index (χ0) is 7.82. The molecular weight excluding hydrogens is 194 g/mol. The minimum Gasteiger partial charge on any atom is -0.262 e. The van der Waals surface area contributed by atoms with Crippen LogP contribution in [0.25, 0.3) is 0 Å². The second kappa shape index (κ2) is 13.8. The molecule has 0 spiro atoms. The summed E-state index contributed by atoms with van der Waals surface area (Å²) in [4.78, 5) is 21.8. The van der Waals surface area contributed by atoms with E-state index in [0.717, 1.165) is 0 Å². The van der Waals surface area contributed by atoms with Gasteiger partial charge in [0.25, 0.3) is 0 Å². The molecule has 66 valence electrons. The predicted molar refractivity (Wildman–Crippen MR) is 46.2 cm³/mol. The van der Waals surface area contributed by atoms with Crippen LogP contribution in [0.5, 0.6) is 0 Å². The maximum Gasteiger partial charge on any atom is 0.0451 e. The first kappa shape index (κ1) is 18.1. The summed E-state index contributed by atoms with van der Waals surface area (Å²) in [5.41, 5.74) is 0. The molecule has 4 N–H and O–H groups in total. The third kappa shape index (κ3) is 22.5. The van der Waals surface area contributed by atoms with Crippen LogP contribution in [0.2, 0.25) is 0 Å². The molecule has 0 saturated carbocycles. The smallest absolute Gasteiger partial charge is 0.0451 e. The molecule has 8 heteroatoms. The Hall–Kier alpha value is 0.190. The summed E-state index contributed by atoms with van der Waals surface area (Å²) in [5.74, 6) is 0. The molecule has 12 heavy (non-hydrogen) atoms. The fraction of sp³-hybridized carbons (Fsp3) is 0. The molecule has 0 atom stereocenters. The minimum atomic E-state index is -3.13. The Labute approximate surface area is 92.2 Å². The van der Waals surface area contributed by atoms with Crippen LogP contribution in [0.4, 0.5) is 0 Å². The van der Waals surface area contributed by atoms with Crippen molar-refractivity contribution in [2.75, 3.05) is 0 Å². The molecule has 0 unspecified atom stereocenters. The van der Waals surface area contributed by atoms with Gasteiger partial charge in [-0.25, -0.2) is 0 Å². The van der Waals surface area contributed by atoms with Crippen LogP contribution in [0, 0.1) is 0 Å². The van der Waals surface area contributed by atoms with Crippen LogP contribution in [0.3, 0.4) is 0 Å². The summed E-state index contributed by atoms with van der Waals surface area (Å²) in [5, 5.41) is 0. The summed E-state index contributed by atoms with van der Waals surface area (Å²) < 4.78 is 8.74. The van der Waals surface area contributed by atoms with Gasteiger partial charge in [0.05, 0.1) is 0 Å². The SMILES string of the molecule is O.O=[PH](O)O.[NaH].c1cnccn1. The molecule has 0 bridgehead atoms. The van der Waals surface area contributed by atoms with E-state index in [9.17, 15) is 0 Å².